The molecule has 124 valence electrons. The predicted octanol–water partition coefficient (Wildman–Crippen LogP) is 2.35. The first kappa shape index (κ1) is 14.9. The molecule has 0 unspecified atom stereocenters. The van der Waals surface area contributed by atoms with Crippen LogP contribution in [0.3, 0.4) is 0 Å². The molecule has 0 saturated carbocycles. The van der Waals surface area contributed by atoms with Gasteiger partial charge in [-0.15, -0.1) is 0 Å². The molecule has 1 aromatic carbocycles. The predicted molar refractivity (Wildman–Crippen MR) is 91.0 cm³/mol. The Balaban J connectivity index is 1.99. The Hall–Kier alpha value is -2.63. The number of nitrogens with one attached hydrogen (secondary N) is 2. The molecule has 3 heterocycles. The van der Waals surface area contributed by atoms with Crippen LogP contribution in [0.25, 0.3) is 0 Å². The van der Waals surface area contributed by atoms with Crippen LogP contribution in [0.15, 0.2) is 24.4 Å². The molecule has 24 heavy (non-hydrogen) atoms. The third-order valence-electron chi connectivity index (χ3n) is 4.85. The highest BCUT2D eigenvalue weighted by Crippen LogP contribution is 2.52. The van der Waals surface area contributed by atoms with E-state index in [0.717, 1.165) is 22.4 Å². The maximum atomic E-state index is 13.5. The summed E-state index contributed by atoms with van der Waals surface area (Å²) in [5.74, 6) is 0.659. The first-order valence-electron chi connectivity index (χ1n) is 8.20. The summed E-state index contributed by atoms with van der Waals surface area (Å²) in [7, 11) is 0. The monoisotopic (exact) mass is 324 g/mol. The number of H-pyrrole nitrogens is 1. The normalized spacial score (nSPS) is 22.1. The van der Waals surface area contributed by atoms with Gasteiger partial charge in [0.15, 0.2) is 0 Å². The molecule has 1 atom stereocenters. The largest absolute Gasteiger partial charge is 0.311 e. The van der Waals surface area contributed by atoms with Crippen molar-refractivity contribution in [2.45, 2.75) is 32.6 Å². The number of benzene rings is 1. The molecule has 0 bridgehead atoms. The van der Waals surface area contributed by atoms with Gasteiger partial charge in [0.05, 0.1) is 6.20 Å². The number of amides is 2. The van der Waals surface area contributed by atoms with E-state index in [1.54, 1.807) is 6.20 Å². The minimum atomic E-state index is -0.971. The zero-order chi connectivity index (χ0) is 17.1. The molecule has 4 rings (SSSR count). The summed E-state index contributed by atoms with van der Waals surface area (Å²) >= 11 is 0. The van der Waals surface area contributed by atoms with Gasteiger partial charge in [-0.25, -0.2) is 0 Å². The van der Waals surface area contributed by atoms with Gasteiger partial charge in [-0.05, 0) is 24.5 Å². The average molecular weight is 324 g/mol. The van der Waals surface area contributed by atoms with Crippen LogP contribution in [0.2, 0.25) is 0 Å². The fourth-order valence-electron chi connectivity index (χ4n) is 3.88. The van der Waals surface area contributed by atoms with Gasteiger partial charge in [0, 0.05) is 24.2 Å². The molecule has 2 amide bonds. The highest BCUT2D eigenvalue weighted by molar-refractivity contribution is 6.15. The third-order valence-corrected chi connectivity index (χ3v) is 4.85. The molecule has 2 N–H and O–H groups in total. The number of aryl methyl sites for hydroxylation is 1. The van der Waals surface area contributed by atoms with Gasteiger partial charge < -0.3 is 10.2 Å². The summed E-state index contributed by atoms with van der Waals surface area (Å²) in [5.41, 5.74) is 2.67. The van der Waals surface area contributed by atoms with Crippen LogP contribution in [0.5, 0.6) is 0 Å². The number of aromatic amines is 1. The molecule has 6 nitrogen and oxygen atoms in total. The number of aromatic nitrogens is 2. The first-order chi connectivity index (χ1) is 11.4. The zero-order valence-corrected chi connectivity index (χ0v) is 14.0. The number of hydrogen-bond donors (Lipinski definition) is 2. The number of fused-ring (bicyclic) bond motifs is 4. The van der Waals surface area contributed by atoms with E-state index < -0.39 is 5.41 Å². The summed E-state index contributed by atoms with van der Waals surface area (Å²) in [4.78, 5) is 27.6. The van der Waals surface area contributed by atoms with E-state index in [2.05, 4.69) is 29.4 Å². The van der Waals surface area contributed by atoms with E-state index in [1.165, 1.54) is 0 Å². The van der Waals surface area contributed by atoms with Crippen LogP contribution >= 0.6 is 0 Å². The standard InChI is InChI=1S/C18H20N4O2/c1-10(2)9-22-14-5-4-11(3)6-12(14)18(17(22)24)7-15(23)20-16-13(18)8-19-21-16/h4-6,8,10H,7,9H2,1-3H3,(H2,19,20,21,23)/t18-/m1/s1. The molecule has 1 spiro atoms. The minimum Gasteiger partial charge on any atom is -0.311 e. The van der Waals surface area contributed by atoms with Crippen LogP contribution in [-0.2, 0) is 15.0 Å². The quantitative estimate of drug-likeness (QED) is 0.890. The van der Waals surface area contributed by atoms with E-state index in [-0.39, 0.29) is 18.2 Å². The SMILES string of the molecule is Cc1ccc2c(c1)[C@@]1(CC(=O)Nc3[nH]ncc31)C(=O)N2CC(C)C. The Bertz CT molecular complexity index is 854. The molecule has 0 radical (unpaired) electrons. The van der Waals surface area contributed by atoms with E-state index in [1.807, 2.05) is 30.0 Å². The Morgan fingerprint density at radius 3 is 2.83 bits per heavy atom. The van der Waals surface area contributed by atoms with Gasteiger partial charge >= 0.3 is 0 Å². The Labute approximate surface area is 140 Å². The maximum absolute atomic E-state index is 13.5. The lowest BCUT2D eigenvalue weighted by molar-refractivity contribution is -0.126. The van der Waals surface area contributed by atoms with Gasteiger partial charge in [0.2, 0.25) is 11.8 Å². The lowest BCUT2D eigenvalue weighted by Gasteiger charge is -2.32. The third kappa shape index (κ3) is 1.85. The van der Waals surface area contributed by atoms with Gasteiger partial charge in [-0.2, -0.15) is 5.10 Å². The number of carbonyl (C=O) groups is 2. The van der Waals surface area contributed by atoms with Crippen molar-refractivity contribution in [3.8, 4) is 0 Å². The molecular formula is C18H20N4O2. The van der Waals surface area contributed by atoms with Gasteiger partial charge in [0.25, 0.3) is 0 Å². The lowest BCUT2D eigenvalue weighted by Crippen LogP contribution is -2.47. The van der Waals surface area contributed by atoms with Crippen molar-refractivity contribution < 1.29 is 9.59 Å². The molecule has 0 saturated heterocycles. The molecule has 6 heteroatoms. The highest BCUT2D eigenvalue weighted by Gasteiger charge is 2.56. The fraction of sp³-hybridized carbons (Fsp3) is 0.389. The van der Waals surface area contributed by atoms with Crippen LogP contribution in [-0.4, -0.2) is 28.6 Å². The van der Waals surface area contributed by atoms with Crippen LogP contribution in [0.1, 0.15) is 37.0 Å². The van der Waals surface area contributed by atoms with Crippen molar-refractivity contribution >= 4 is 23.3 Å². The van der Waals surface area contributed by atoms with Crippen molar-refractivity contribution in [1.82, 2.24) is 10.2 Å². The maximum Gasteiger partial charge on any atom is 0.242 e. The lowest BCUT2D eigenvalue weighted by atomic mass is 9.71. The average Bonchev–Trinajstić information content (AvgIpc) is 3.06. The number of carbonyl (C=O) groups excluding carboxylic acids is 2. The molecule has 2 aliphatic rings. The summed E-state index contributed by atoms with van der Waals surface area (Å²) in [6, 6.07) is 6.03. The number of hydrogen-bond acceptors (Lipinski definition) is 3. The second-order valence-electron chi connectivity index (χ2n) is 7.12. The fourth-order valence-corrected chi connectivity index (χ4v) is 3.88. The number of anilines is 2. The minimum absolute atomic E-state index is 0.0331. The Morgan fingerprint density at radius 2 is 2.08 bits per heavy atom. The van der Waals surface area contributed by atoms with Crippen LogP contribution in [0.4, 0.5) is 11.5 Å². The molecular weight excluding hydrogens is 304 g/mol. The summed E-state index contributed by atoms with van der Waals surface area (Å²) < 4.78 is 0. The van der Waals surface area contributed by atoms with Crippen molar-refractivity contribution in [3.05, 3.63) is 41.1 Å². The topological polar surface area (TPSA) is 78.1 Å². The Morgan fingerprint density at radius 1 is 1.29 bits per heavy atom. The van der Waals surface area contributed by atoms with E-state index in [9.17, 15) is 9.59 Å². The van der Waals surface area contributed by atoms with Crippen molar-refractivity contribution in [1.29, 1.82) is 0 Å². The summed E-state index contributed by atoms with van der Waals surface area (Å²) in [5, 5.41) is 9.66. The zero-order valence-electron chi connectivity index (χ0n) is 14.0. The molecule has 0 aliphatic carbocycles. The van der Waals surface area contributed by atoms with E-state index in [0.29, 0.717) is 18.3 Å². The molecule has 1 aromatic heterocycles. The van der Waals surface area contributed by atoms with E-state index in [4.69, 9.17) is 0 Å². The Kier molecular flexibility index (Phi) is 3.07. The highest BCUT2D eigenvalue weighted by atomic mass is 16.2. The van der Waals surface area contributed by atoms with Crippen LogP contribution in [0, 0.1) is 12.8 Å². The molecule has 2 aromatic rings. The first-order valence-corrected chi connectivity index (χ1v) is 8.20. The molecule has 2 aliphatic heterocycles. The smallest absolute Gasteiger partial charge is 0.242 e. The van der Waals surface area contributed by atoms with E-state index >= 15 is 0 Å². The van der Waals surface area contributed by atoms with Crippen molar-refractivity contribution in [2.75, 3.05) is 16.8 Å². The number of nitrogens with zero attached hydrogens (tertiary/aromatic N) is 2. The van der Waals surface area contributed by atoms with Gasteiger partial charge in [-0.1, -0.05) is 31.5 Å². The van der Waals surface area contributed by atoms with Crippen molar-refractivity contribution in [2.24, 2.45) is 5.92 Å². The van der Waals surface area contributed by atoms with Gasteiger partial charge in [0.1, 0.15) is 11.2 Å². The second-order valence-corrected chi connectivity index (χ2v) is 7.12. The van der Waals surface area contributed by atoms with Gasteiger partial charge in [-0.3, -0.25) is 14.7 Å². The summed E-state index contributed by atoms with van der Waals surface area (Å²) in [6.45, 7) is 6.81. The van der Waals surface area contributed by atoms with Crippen molar-refractivity contribution in [3.63, 3.8) is 0 Å². The van der Waals surface area contributed by atoms with Crippen LogP contribution < -0.4 is 10.2 Å². The second kappa shape index (κ2) is 4.93. The summed E-state index contributed by atoms with van der Waals surface area (Å²) in [6.07, 6.45) is 1.78. The molecule has 0 fully saturated rings. The number of rotatable bonds is 2.